The summed E-state index contributed by atoms with van der Waals surface area (Å²) in [4.78, 5) is 0. The average molecular weight is 306 g/mol. The fourth-order valence-electron chi connectivity index (χ4n) is 4.08. The molecule has 1 fully saturated rings. The van der Waals surface area contributed by atoms with E-state index in [0.717, 1.165) is 31.1 Å². The van der Waals surface area contributed by atoms with Gasteiger partial charge >= 0.3 is 0 Å². The van der Waals surface area contributed by atoms with Crippen LogP contribution in [-0.4, -0.2) is 0 Å². The zero-order chi connectivity index (χ0) is 16.1. The number of hydrogen-bond donors (Lipinski definition) is 0. The number of benzene rings is 1. The van der Waals surface area contributed by atoms with Crippen LogP contribution in [0, 0.1) is 5.92 Å². The van der Waals surface area contributed by atoms with Crippen molar-refractivity contribution in [2.24, 2.45) is 5.92 Å². The van der Waals surface area contributed by atoms with E-state index in [1.165, 1.54) is 36.8 Å². The van der Waals surface area contributed by atoms with Gasteiger partial charge in [-0.3, -0.25) is 0 Å². The van der Waals surface area contributed by atoms with Crippen LogP contribution in [0.25, 0.3) is 0 Å². The standard InChI is InChI=1S/C23H30/c1-3-5-19-8-12-21(13-9-19)23-16-14-22(15-17-23)20-10-6-18(4-2)7-11-20/h5-8,10-13,22-23H,3-4,9,14-17H2,1-2H3/b19-5+. The summed E-state index contributed by atoms with van der Waals surface area (Å²) in [6.07, 6.45) is 18.4. The van der Waals surface area contributed by atoms with Gasteiger partial charge in [0.2, 0.25) is 0 Å². The average Bonchev–Trinajstić information content (AvgIpc) is 2.63. The van der Waals surface area contributed by atoms with Crippen LogP contribution in [0.2, 0.25) is 0 Å². The lowest BCUT2D eigenvalue weighted by atomic mass is 9.75. The molecular weight excluding hydrogens is 276 g/mol. The second kappa shape index (κ2) is 7.81. The Kier molecular flexibility index (Phi) is 5.54. The van der Waals surface area contributed by atoms with Crippen LogP contribution in [0.1, 0.15) is 69.4 Å². The Morgan fingerprint density at radius 2 is 1.61 bits per heavy atom. The molecule has 122 valence electrons. The number of hydrogen-bond acceptors (Lipinski definition) is 0. The summed E-state index contributed by atoms with van der Waals surface area (Å²) in [6, 6.07) is 9.36. The maximum absolute atomic E-state index is 2.47. The molecule has 0 N–H and O–H groups in total. The van der Waals surface area contributed by atoms with Crippen LogP contribution in [0.15, 0.2) is 59.7 Å². The highest BCUT2D eigenvalue weighted by Crippen LogP contribution is 2.40. The first-order chi connectivity index (χ1) is 11.3. The molecule has 0 atom stereocenters. The van der Waals surface area contributed by atoms with Gasteiger partial charge in [0.1, 0.15) is 0 Å². The van der Waals surface area contributed by atoms with Gasteiger partial charge in [-0.05, 0) is 79.1 Å². The molecule has 1 saturated carbocycles. The van der Waals surface area contributed by atoms with Crippen LogP contribution < -0.4 is 0 Å². The minimum Gasteiger partial charge on any atom is -0.0813 e. The molecule has 0 spiro atoms. The highest BCUT2D eigenvalue weighted by molar-refractivity contribution is 5.37. The monoisotopic (exact) mass is 306 g/mol. The van der Waals surface area contributed by atoms with Crippen molar-refractivity contribution >= 4 is 0 Å². The smallest absolute Gasteiger partial charge is 0.00947 e. The van der Waals surface area contributed by atoms with Crippen LogP contribution in [0.4, 0.5) is 0 Å². The molecule has 23 heavy (non-hydrogen) atoms. The Morgan fingerprint density at radius 3 is 2.17 bits per heavy atom. The van der Waals surface area contributed by atoms with E-state index in [1.807, 2.05) is 0 Å². The van der Waals surface area contributed by atoms with Gasteiger partial charge in [0, 0.05) is 0 Å². The Hall–Kier alpha value is -1.56. The predicted molar refractivity (Wildman–Crippen MR) is 101 cm³/mol. The van der Waals surface area contributed by atoms with Crippen molar-refractivity contribution in [3.63, 3.8) is 0 Å². The first-order valence-electron chi connectivity index (χ1n) is 9.46. The Balaban J connectivity index is 1.56. The van der Waals surface area contributed by atoms with E-state index in [4.69, 9.17) is 0 Å². The highest BCUT2D eigenvalue weighted by atomic mass is 14.3. The van der Waals surface area contributed by atoms with Crippen molar-refractivity contribution in [1.29, 1.82) is 0 Å². The van der Waals surface area contributed by atoms with Crippen molar-refractivity contribution in [3.05, 3.63) is 70.8 Å². The lowest BCUT2D eigenvalue weighted by Gasteiger charge is -2.30. The zero-order valence-corrected chi connectivity index (χ0v) is 14.7. The summed E-state index contributed by atoms with van der Waals surface area (Å²) < 4.78 is 0. The minimum atomic E-state index is 0.779. The van der Waals surface area contributed by atoms with Gasteiger partial charge in [-0.2, -0.15) is 0 Å². The van der Waals surface area contributed by atoms with Crippen LogP contribution in [0.5, 0.6) is 0 Å². The Morgan fingerprint density at radius 1 is 0.913 bits per heavy atom. The van der Waals surface area contributed by atoms with Crippen LogP contribution >= 0.6 is 0 Å². The molecule has 2 aliphatic carbocycles. The topological polar surface area (TPSA) is 0 Å². The van der Waals surface area contributed by atoms with E-state index in [-0.39, 0.29) is 0 Å². The summed E-state index contributed by atoms with van der Waals surface area (Å²) >= 11 is 0. The van der Waals surface area contributed by atoms with E-state index < -0.39 is 0 Å². The molecule has 0 heterocycles. The highest BCUT2D eigenvalue weighted by Gasteiger charge is 2.24. The fourth-order valence-corrected chi connectivity index (χ4v) is 4.08. The molecule has 0 aromatic heterocycles. The first kappa shape index (κ1) is 16.3. The Bertz CT molecular complexity index is 589. The summed E-state index contributed by atoms with van der Waals surface area (Å²) in [7, 11) is 0. The van der Waals surface area contributed by atoms with Crippen molar-refractivity contribution in [3.8, 4) is 0 Å². The normalized spacial score (nSPS) is 26.3. The predicted octanol–water partition coefficient (Wildman–Crippen LogP) is 6.75. The molecule has 0 nitrogen and oxygen atoms in total. The van der Waals surface area contributed by atoms with E-state index in [1.54, 1.807) is 11.1 Å². The number of allylic oxidation sites excluding steroid dienone is 6. The molecule has 2 aliphatic rings. The van der Waals surface area contributed by atoms with E-state index in [2.05, 4.69) is 62.4 Å². The second-order valence-corrected chi connectivity index (χ2v) is 7.07. The quantitative estimate of drug-likeness (QED) is 0.577. The molecule has 0 heteroatoms. The van der Waals surface area contributed by atoms with Gasteiger partial charge in [0.25, 0.3) is 0 Å². The summed E-state index contributed by atoms with van der Waals surface area (Å²) in [6.45, 7) is 4.45. The van der Waals surface area contributed by atoms with Crippen molar-refractivity contribution < 1.29 is 0 Å². The van der Waals surface area contributed by atoms with Gasteiger partial charge in [0.05, 0.1) is 0 Å². The molecule has 1 aromatic carbocycles. The van der Waals surface area contributed by atoms with Crippen molar-refractivity contribution in [2.75, 3.05) is 0 Å². The van der Waals surface area contributed by atoms with Crippen LogP contribution in [0.3, 0.4) is 0 Å². The third-order valence-electron chi connectivity index (χ3n) is 5.59. The molecule has 0 bridgehead atoms. The molecule has 1 aromatic rings. The minimum absolute atomic E-state index is 0.779. The fraction of sp³-hybridized carbons (Fsp3) is 0.478. The largest absolute Gasteiger partial charge is 0.0813 e. The van der Waals surface area contributed by atoms with Gasteiger partial charge in [-0.25, -0.2) is 0 Å². The lowest BCUT2D eigenvalue weighted by molar-refractivity contribution is 0.366. The molecule has 0 unspecified atom stereocenters. The maximum atomic E-state index is 2.47. The maximum Gasteiger partial charge on any atom is -0.00947 e. The molecule has 0 amide bonds. The number of aryl methyl sites for hydroxylation is 1. The molecular formula is C23H30. The van der Waals surface area contributed by atoms with Crippen molar-refractivity contribution in [2.45, 2.75) is 64.7 Å². The molecule has 0 saturated heterocycles. The summed E-state index contributed by atoms with van der Waals surface area (Å²) in [5, 5.41) is 0. The van der Waals surface area contributed by atoms with Crippen molar-refractivity contribution in [1.82, 2.24) is 0 Å². The van der Waals surface area contributed by atoms with Gasteiger partial charge in [-0.15, -0.1) is 0 Å². The summed E-state index contributed by atoms with van der Waals surface area (Å²) in [5.74, 6) is 1.57. The second-order valence-electron chi connectivity index (χ2n) is 7.07. The van der Waals surface area contributed by atoms with Gasteiger partial charge < -0.3 is 0 Å². The molecule has 3 rings (SSSR count). The SMILES string of the molecule is CC/C=C1\C=CC(C2CCC(c3ccc(CC)cc3)CC2)=CC1. The third kappa shape index (κ3) is 4.05. The zero-order valence-electron chi connectivity index (χ0n) is 14.7. The first-order valence-corrected chi connectivity index (χ1v) is 9.46. The van der Waals surface area contributed by atoms with E-state index >= 15 is 0 Å². The molecule has 0 aliphatic heterocycles. The number of rotatable bonds is 4. The van der Waals surface area contributed by atoms with Gasteiger partial charge in [-0.1, -0.05) is 62.4 Å². The van der Waals surface area contributed by atoms with Gasteiger partial charge in [0.15, 0.2) is 0 Å². The third-order valence-corrected chi connectivity index (χ3v) is 5.59. The lowest BCUT2D eigenvalue weighted by Crippen LogP contribution is -2.15. The van der Waals surface area contributed by atoms with E-state index in [9.17, 15) is 0 Å². The molecule has 0 radical (unpaired) electrons. The van der Waals surface area contributed by atoms with E-state index in [0.29, 0.717) is 0 Å². The summed E-state index contributed by atoms with van der Waals surface area (Å²) in [5.41, 5.74) is 6.09. The Labute approximate surface area is 142 Å². The van der Waals surface area contributed by atoms with Crippen LogP contribution in [-0.2, 0) is 6.42 Å².